The van der Waals surface area contributed by atoms with Gasteiger partial charge in [-0.3, -0.25) is 14.8 Å². The summed E-state index contributed by atoms with van der Waals surface area (Å²) in [5, 5.41) is 8.57. The summed E-state index contributed by atoms with van der Waals surface area (Å²) in [6.07, 6.45) is 0.296. The predicted octanol–water partition coefficient (Wildman–Crippen LogP) is -0.597. The molecule has 0 spiro atoms. The Morgan fingerprint density at radius 1 is 1.20 bits per heavy atom. The summed E-state index contributed by atoms with van der Waals surface area (Å²) in [5.74, 6) is -1.01. The molecular formula is C4H5CrNO4. The molecule has 1 N–H and O–H groups in total. The second-order valence-electron chi connectivity index (χ2n) is 1.60. The van der Waals surface area contributed by atoms with Crippen LogP contribution in [0.3, 0.4) is 0 Å². The Morgan fingerprint density at radius 3 is 1.60 bits per heavy atom. The fourth-order valence-corrected chi connectivity index (χ4v) is 0.565. The standard InChI is InChI=1S/C4H5NO3.Cr.O/c6-3-1-2-4(7)5(3)8;;/h8H,1-2H2;;. The molecule has 10 heavy (non-hydrogen) atoms. The van der Waals surface area contributed by atoms with Gasteiger partial charge in [-0.05, 0) is 0 Å². The second-order valence-corrected chi connectivity index (χ2v) is 1.60. The summed E-state index contributed by atoms with van der Waals surface area (Å²) in [4.78, 5) is 20.5. The summed E-state index contributed by atoms with van der Waals surface area (Å²) in [5.41, 5.74) is 0. The Kier molecular flexibility index (Phi) is 4.04. The van der Waals surface area contributed by atoms with Crippen molar-refractivity contribution in [3.05, 3.63) is 0 Å². The summed E-state index contributed by atoms with van der Waals surface area (Å²) >= 11 is 1.38. The third kappa shape index (κ3) is 1.99. The van der Waals surface area contributed by atoms with E-state index in [1.54, 1.807) is 0 Å². The topological polar surface area (TPSA) is 74.7 Å². The molecule has 2 amide bonds. The third-order valence-electron chi connectivity index (χ3n) is 1.03. The fraction of sp³-hybridized carbons (Fsp3) is 0.500. The molecule has 0 atom stereocenters. The molecule has 1 saturated heterocycles. The average Bonchev–Trinajstić information content (AvgIpc) is 2.25. The van der Waals surface area contributed by atoms with Gasteiger partial charge in [0.15, 0.2) is 0 Å². The minimum atomic E-state index is -0.505. The summed E-state index contributed by atoms with van der Waals surface area (Å²) < 4.78 is 8.12. The number of nitrogens with zero attached hydrogens (tertiary/aromatic N) is 1. The molecule has 1 fully saturated rings. The van der Waals surface area contributed by atoms with Gasteiger partial charge in [-0.25, -0.2) is 0 Å². The van der Waals surface area contributed by atoms with Gasteiger partial charge in [0.25, 0.3) is 11.8 Å². The van der Waals surface area contributed by atoms with E-state index in [-0.39, 0.29) is 17.9 Å². The van der Waals surface area contributed by atoms with Gasteiger partial charge in [-0.1, -0.05) is 0 Å². The molecule has 0 saturated carbocycles. The Morgan fingerprint density at radius 2 is 1.50 bits per heavy atom. The molecular weight excluding hydrogens is 178 g/mol. The van der Waals surface area contributed by atoms with E-state index in [9.17, 15) is 9.59 Å². The molecule has 0 aliphatic carbocycles. The van der Waals surface area contributed by atoms with E-state index in [0.29, 0.717) is 0 Å². The van der Waals surface area contributed by atoms with Gasteiger partial charge in [0.1, 0.15) is 0 Å². The van der Waals surface area contributed by atoms with Crippen LogP contribution in [0.15, 0.2) is 0 Å². The van der Waals surface area contributed by atoms with Crippen LogP contribution in [0.4, 0.5) is 0 Å². The first-order valence-corrected chi connectivity index (χ1v) is 2.95. The van der Waals surface area contributed by atoms with Crippen molar-refractivity contribution in [3.63, 3.8) is 0 Å². The monoisotopic (exact) mass is 183 g/mol. The van der Waals surface area contributed by atoms with Crippen LogP contribution >= 0.6 is 0 Å². The molecule has 5 nitrogen and oxygen atoms in total. The summed E-state index contributed by atoms with van der Waals surface area (Å²) in [6, 6.07) is 0. The summed E-state index contributed by atoms with van der Waals surface area (Å²) in [6.45, 7) is 0. The Hall–Kier alpha value is -0.568. The second kappa shape index (κ2) is 4.28. The van der Waals surface area contributed by atoms with Gasteiger partial charge < -0.3 is 0 Å². The number of hydrogen-bond donors (Lipinski definition) is 1. The number of hydrogen-bond acceptors (Lipinski definition) is 4. The number of amides is 2. The van der Waals surface area contributed by atoms with Crippen LogP contribution in [0.2, 0.25) is 0 Å². The summed E-state index contributed by atoms with van der Waals surface area (Å²) in [7, 11) is 0. The molecule has 1 rings (SSSR count). The zero-order valence-corrected chi connectivity index (χ0v) is 6.22. The molecule has 0 aromatic rings. The normalized spacial score (nSPS) is 16.7. The third-order valence-corrected chi connectivity index (χ3v) is 1.03. The van der Waals surface area contributed by atoms with E-state index in [1.165, 1.54) is 16.2 Å². The van der Waals surface area contributed by atoms with Gasteiger partial charge in [0.05, 0.1) is 0 Å². The number of imide groups is 1. The van der Waals surface area contributed by atoms with Crippen molar-refractivity contribution in [2.24, 2.45) is 0 Å². The number of carbonyl (C=O) groups is 2. The van der Waals surface area contributed by atoms with E-state index in [1.807, 2.05) is 0 Å². The van der Waals surface area contributed by atoms with Crippen LogP contribution in [-0.4, -0.2) is 22.1 Å². The zero-order chi connectivity index (χ0) is 8.15. The van der Waals surface area contributed by atoms with Gasteiger partial charge in [0, 0.05) is 12.8 Å². The molecule has 1 aliphatic rings. The van der Waals surface area contributed by atoms with E-state index in [4.69, 9.17) is 9.01 Å². The van der Waals surface area contributed by atoms with Gasteiger partial charge >= 0.3 is 20.0 Å². The van der Waals surface area contributed by atoms with Crippen molar-refractivity contribution in [1.29, 1.82) is 0 Å². The first-order chi connectivity index (χ1) is 4.72. The molecule has 1 heterocycles. The SMILES string of the molecule is O=C1CCC(=O)N1O.[O]=[Cr]. The zero-order valence-electron chi connectivity index (χ0n) is 4.94. The quantitative estimate of drug-likeness (QED) is 0.402. The van der Waals surface area contributed by atoms with Crippen LogP contribution < -0.4 is 0 Å². The van der Waals surface area contributed by atoms with Crippen LogP contribution in [0.1, 0.15) is 12.8 Å². The number of rotatable bonds is 0. The molecule has 0 unspecified atom stereocenters. The number of carbonyl (C=O) groups excluding carboxylic acids is 2. The van der Waals surface area contributed by atoms with Crippen molar-refractivity contribution in [2.45, 2.75) is 12.8 Å². The molecule has 0 aromatic carbocycles. The van der Waals surface area contributed by atoms with Gasteiger partial charge in [0.2, 0.25) is 0 Å². The minimum absolute atomic E-state index is 0.148. The Balaban J connectivity index is 0.000000371. The molecule has 1 aliphatic heterocycles. The Labute approximate surface area is 65.2 Å². The van der Waals surface area contributed by atoms with E-state index < -0.39 is 11.8 Å². The van der Waals surface area contributed by atoms with Gasteiger partial charge in [-0.15, -0.1) is 0 Å². The van der Waals surface area contributed by atoms with Gasteiger partial charge in [-0.2, -0.15) is 5.06 Å². The van der Waals surface area contributed by atoms with Crippen LogP contribution in [-0.2, 0) is 29.6 Å². The van der Waals surface area contributed by atoms with Crippen LogP contribution in [0.5, 0.6) is 0 Å². The first-order valence-electron chi connectivity index (χ1n) is 2.43. The van der Waals surface area contributed by atoms with Crippen molar-refractivity contribution >= 4 is 11.8 Å². The molecule has 6 heteroatoms. The number of hydroxylamine groups is 2. The maximum atomic E-state index is 10.2. The Bertz CT molecular complexity index is 143. The van der Waals surface area contributed by atoms with Crippen molar-refractivity contribution < 1.29 is 34.8 Å². The molecule has 0 bridgehead atoms. The van der Waals surface area contributed by atoms with Crippen LogP contribution in [0, 0.1) is 0 Å². The van der Waals surface area contributed by atoms with Crippen LogP contribution in [0.25, 0.3) is 0 Å². The molecule has 56 valence electrons. The van der Waals surface area contributed by atoms with Crippen molar-refractivity contribution in [3.8, 4) is 0 Å². The average molecular weight is 183 g/mol. The predicted molar refractivity (Wildman–Crippen MR) is 23.6 cm³/mol. The molecule has 0 radical (unpaired) electrons. The maximum absolute atomic E-state index is 10.2. The van der Waals surface area contributed by atoms with Crippen molar-refractivity contribution in [1.82, 2.24) is 5.06 Å². The van der Waals surface area contributed by atoms with E-state index in [2.05, 4.69) is 0 Å². The van der Waals surface area contributed by atoms with Crippen molar-refractivity contribution in [2.75, 3.05) is 0 Å². The fourth-order valence-electron chi connectivity index (χ4n) is 0.565. The first kappa shape index (κ1) is 9.43. The molecule has 0 aromatic heterocycles. The van der Waals surface area contributed by atoms with E-state index >= 15 is 0 Å². The van der Waals surface area contributed by atoms with E-state index in [0.717, 1.165) is 0 Å².